The maximum atomic E-state index is 11.6. The van der Waals surface area contributed by atoms with E-state index in [9.17, 15) is 9.90 Å². The molecule has 1 unspecified atom stereocenters. The normalized spacial score (nSPS) is 12.1. The van der Waals surface area contributed by atoms with E-state index in [1.165, 1.54) is 12.1 Å². The number of hydrogen-bond acceptors (Lipinski definition) is 3. The summed E-state index contributed by atoms with van der Waals surface area (Å²) in [5.41, 5.74) is 0.123. The van der Waals surface area contributed by atoms with Crippen LogP contribution >= 0.6 is 11.6 Å². The number of alkyl halides is 1. The second kappa shape index (κ2) is 5.61. The minimum Gasteiger partial charge on any atom is -0.508 e. The fourth-order valence-corrected chi connectivity index (χ4v) is 1.23. The van der Waals surface area contributed by atoms with Crippen molar-refractivity contribution in [1.29, 1.82) is 0 Å². The molecule has 5 heteroatoms. The van der Waals surface area contributed by atoms with Crippen molar-refractivity contribution in [3.8, 4) is 11.5 Å². The summed E-state index contributed by atoms with van der Waals surface area (Å²) < 4.78 is 0. The number of benzene rings is 1. The highest BCUT2D eigenvalue weighted by atomic mass is 35.5. The second-order valence-corrected chi connectivity index (χ2v) is 4.03. The highest BCUT2D eigenvalue weighted by Crippen LogP contribution is 2.22. The van der Waals surface area contributed by atoms with E-state index in [4.69, 9.17) is 16.7 Å². The summed E-state index contributed by atoms with van der Waals surface area (Å²) in [5.74, 6) is -0.741. The van der Waals surface area contributed by atoms with Crippen molar-refractivity contribution in [2.45, 2.75) is 18.7 Å². The Morgan fingerprint density at radius 1 is 1.50 bits per heavy atom. The maximum Gasteiger partial charge on any atom is 0.255 e. The van der Waals surface area contributed by atoms with E-state index in [2.05, 4.69) is 5.32 Å². The molecule has 0 bridgehead atoms. The Bertz CT molecular complexity index is 381. The zero-order valence-electron chi connectivity index (χ0n) is 8.90. The molecule has 88 valence electrons. The van der Waals surface area contributed by atoms with Gasteiger partial charge in [0, 0.05) is 12.6 Å². The van der Waals surface area contributed by atoms with Crippen molar-refractivity contribution >= 4 is 17.5 Å². The lowest BCUT2D eigenvalue weighted by molar-refractivity contribution is 0.0951. The molecule has 16 heavy (non-hydrogen) atoms. The molecular weight excluding hydrogens is 230 g/mol. The molecule has 1 aromatic rings. The van der Waals surface area contributed by atoms with Gasteiger partial charge in [-0.2, -0.15) is 0 Å². The van der Waals surface area contributed by atoms with Crippen LogP contribution in [0.4, 0.5) is 0 Å². The zero-order valence-corrected chi connectivity index (χ0v) is 9.66. The highest BCUT2D eigenvalue weighted by molar-refractivity contribution is 6.20. The first-order chi connectivity index (χ1) is 7.54. The van der Waals surface area contributed by atoms with E-state index >= 15 is 0 Å². The monoisotopic (exact) mass is 243 g/mol. The van der Waals surface area contributed by atoms with E-state index < -0.39 is 5.91 Å². The molecule has 1 atom stereocenters. The SMILES string of the molecule is CCC(Cl)CNC(=O)c1ccc(O)cc1O. The number of carbonyl (C=O) groups excluding carboxylic acids is 1. The number of nitrogens with one attached hydrogen (secondary N) is 1. The first-order valence-electron chi connectivity index (χ1n) is 4.98. The van der Waals surface area contributed by atoms with E-state index in [1.54, 1.807) is 0 Å². The lowest BCUT2D eigenvalue weighted by Gasteiger charge is -2.09. The van der Waals surface area contributed by atoms with Crippen LogP contribution in [0, 0.1) is 0 Å². The molecular formula is C11H14ClNO3. The van der Waals surface area contributed by atoms with Gasteiger partial charge in [0.2, 0.25) is 0 Å². The zero-order chi connectivity index (χ0) is 12.1. The Balaban J connectivity index is 2.66. The first kappa shape index (κ1) is 12.6. The molecule has 1 rings (SSSR count). The molecule has 0 radical (unpaired) electrons. The molecule has 3 N–H and O–H groups in total. The van der Waals surface area contributed by atoms with Gasteiger partial charge in [0.15, 0.2) is 0 Å². The van der Waals surface area contributed by atoms with E-state index in [-0.39, 0.29) is 22.4 Å². The number of rotatable bonds is 4. The molecule has 0 aliphatic carbocycles. The van der Waals surface area contributed by atoms with Gasteiger partial charge in [-0.3, -0.25) is 4.79 Å². The third-order valence-corrected chi connectivity index (χ3v) is 2.62. The third kappa shape index (κ3) is 3.31. The lowest BCUT2D eigenvalue weighted by Crippen LogP contribution is -2.29. The Kier molecular flexibility index (Phi) is 4.43. The topological polar surface area (TPSA) is 69.6 Å². The molecule has 0 aromatic heterocycles. The Labute approximate surface area is 98.9 Å². The van der Waals surface area contributed by atoms with Crippen LogP contribution in [-0.2, 0) is 0 Å². The van der Waals surface area contributed by atoms with Gasteiger partial charge >= 0.3 is 0 Å². The number of halogens is 1. The number of phenolic OH excluding ortho intramolecular Hbond substituents is 2. The van der Waals surface area contributed by atoms with Crippen LogP contribution in [0.1, 0.15) is 23.7 Å². The van der Waals surface area contributed by atoms with Gasteiger partial charge in [0.05, 0.1) is 10.9 Å². The molecule has 0 fully saturated rings. The van der Waals surface area contributed by atoms with Gasteiger partial charge in [-0.15, -0.1) is 11.6 Å². The van der Waals surface area contributed by atoms with Crippen molar-refractivity contribution in [3.05, 3.63) is 23.8 Å². The van der Waals surface area contributed by atoms with Gasteiger partial charge in [0.1, 0.15) is 11.5 Å². The average Bonchev–Trinajstić information content (AvgIpc) is 2.25. The maximum absolute atomic E-state index is 11.6. The van der Waals surface area contributed by atoms with E-state index in [0.29, 0.717) is 6.54 Å². The number of carbonyl (C=O) groups is 1. The van der Waals surface area contributed by atoms with Gasteiger partial charge < -0.3 is 15.5 Å². The predicted molar refractivity (Wildman–Crippen MR) is 62.0 cm³/mol. The summed E-state index contributed by atoms with van der Waals surface area (Å²) in [4.78, 5) is 11.6. The lowest BCUT2D eigenvalue weighted by atomic mass is 10.1. The molecule has 0 saturated heterocycles. The molecule has 0 aliphatic heterocycles. The Morgan fingerprint density at radius 3 is 2.75 bits per heavy atom. The molecule has 0 saturated carbocycles. The fraction of sp³-hybridized carbons (Fsp3) is 0.364. The quantitative estimate of drug-likeness (QED) is 0.707. The minimum atomic E-state index is -0.406. The van der Waals surface area contributed by atoms with Crippen LogP contribution in [0.2, 0.25) is 0 Å². The smallest absolute Gasteiger partial charge is 0.255 e. The summed E-state index contributed by atoms with van der Waals surface area (Å²) in [6, 6.07) is 3.81. The van der Waals surface area contributed by atoms with E-state index in [0.717, 1.165) is 12.5 Å². The second-order valence-electron chi connectivity index (χ2n) is 3.42. The van der Waals surface area contributed by atoms with Crippen LogP contribution < -0.4 is 5.32 Å². The number of phenols is 2. The number of aromatic hydroxyl groups is 2. The number of amides is 1. The standard InChI is InChI=1S/C11H14ClNO3/c1-2-7(12)6-13-11(16)9-4-3-8(14)5-10(9)15/h3-5,7,14-15H,2,6H2,1H3,(H,13,16). The summed E-state index contributed by atoms with van der Waals surface area (Å²) in [6.45, 7) is 2.26. The first-order valence-corrected chi connectivity index (χ1v) is 5.42. The molecule has 0 aliphatic rings. The van der Waals surface area contributed by atoms with Crippen molar-refractivity contribution in [2.24, 2.45) is 0 Å². The Morgan fingerprint density at radius 2 is 2.19 bits per heavy atom. The largest absolute Gasteiger partial charge is 0.508 e. The summed E-state index contributed by atoms with van der Waals surface area (Å²) in [6.07, 6.45) is 0.753. The molecule has 0 spiro atoms. The minimum absolute atomic E-state index is 0.0853. The van der Waals surface area contributed by atoms with Crippen LogP contribution in [0.5, 0.6) is 11.5 Å². The molecule has 1 aromatic carbocycles. The third-order valence-electron chi connectivity index (χ3n) is 2.15. The number of hydrogen-bond donors (Lipinski definition) is 3. The summed E-state index contributed by atoms with van der Waals surface area (Å²) in [7, 11) is 0. The molecule has 4 nitrogen and oxygen atoms in total. The van der Waals surface area contributed by atoms with E-state index in [1.807, 2.05) is 6.92 Å². The van der Waals surface area contributed by atoms with Crippen molar-refractivity contribution in [3.63, 3.8) is 0 Å². The fourth-order valence-electron chi connectivity index (χ4n) is 1.16. The average molecular weight is 244 g/mol. The van der Waals surface area contributed by atoms with Gasteiger partial charge in [0.25, 0.3) is 5.91 Å². The van der Waals surface area contributed by atoms with Crippen molar-refractivity contribution in [2.75, 3.05) is 6.54 Å². The van der Waals surface area contributed by atoms with Crippen LogP contribution in [-0.4, -0.2) is 28.0 Å². The summed E-state index contributed by atoms with van der Waals surface area (Å²) in [5, 5.41) is 21.0. The van der Waals surface area contributed by atoms with Crippen LogP contribution in [0.25, 0.3) is 0 Å². The highest BCUT2D eigenvalue weighted by Gasteiger charge is 2.12. The van der Waals surface area contributed by atoms with Gasteiger partial charge in [-0.1, -0.05) is 6.92 Å². The van der Waals surface area contributed by atoms with Crippen LogP contribution in [0.3, 0.4) is 0 Å². The van der Waals surface area contributed by atoms with Gasteiger partial charge in [-0.25, -0.2) is 0 Å². The van der Waals surface area contributed by atoms with Crippen LogP contribution in [0.15, 0.2) is 18.2 Å². The van der Waals surface area contributed by atoms with Crippen molar-refractivity contribution < 1.29 is 15.0 Å². The Hall–Kier alpha value is -1.42. The van der Waals surface area contributed by atoms with Gasteiger partial charge in [-0.05, 0) is 18.6 Å². The molecule has 1 amide bonds. The van der Waals surface area contributed by atoms with Crippen molar-refractivity contribution in [1.82, 2.24) is 5.32 Å². The summed E-state index contributed by atoms with van der Waals surface area (Å²) >= 11 is 5.84. The predicted octanol–water partition coefficient (Wildman–Crippen LogP) is 1.85. The molecule has 0 heterocycles.